The van der Waals surface area contributed by atoms with Gasteiger partial charge >= 0.3 is 12.3 Å². The molecule has 2 aromatic carbocycles. The highest BCUT2D eigenvalue weighted by atomic mass is 19.4. The van der Waals surface area contributed by atoms with Gasteiger partial charge in [-0.1, -0.05) is 48.9 Å². The molecule has 248 valence electrons. The van der Waals surface area contributed by atoms with Crippen LogP contribution < -0.4 is 5.32 Å². The molecule has 3 aliphatic heterocycles. The van der Waals surface area contributed by atoms with E-state index in [9.17, 15) is 32.3 Å². The normalized spacial score (nSPS) is 22.2. The molecule has 0 bridgehead atoms. The molecule has 0 radical (unpaired) electrons. The van der Waals surface area contributed by atoms with E-state index < -0.39 is 42.6 Å². The number of piperazine rings is 1. The number of amides is 4. The van der Waals surface area contributed by atoms with Gasteiger partial charge in [0.2, 0.25) is 17.7 Å². The standard InChI is InChI=1S/C33H40F3N5O5/c1-3-38-12-7-10-26(38)18-37-28(42)17-27-31(44)39(19-23-8-5-4-6-9-23)20-29-40(13-11-30(43)41(27)29)32(45)46-21-24-14-22(2)15-25(16-24)33(34,35)36/h4-6,8-9,14-16,26-27,29H,3,7,10-13,17-21H2,1-2H3,(H,37,42)/t26?,27-,29+/m0/s1. The lowest BCUT2D eigenvalue weighted by Crippen LogP contribution is -2.71. The number of fused-ring (bicyclic) bond motifs is 1. The lowest BCUT2D eigenvalue weighted by atomic mass is 10.00. The van der Waals surface area contributed by atoms with Gasteiger partial charge in [0.15, 0.2) is 0 Å². The summed E-state index contributed by atoms with van der Waals surface area (Å²) < 4.78 is 45.5. The minimum atomic E-state index is -4.55. The Labute approximate surface area is 266 Å². The van der Waals surface area contributed by atoms with Crippen LogP contribution in [-0.4, -0.2) is 94.4 Å². The quantitative estimate of drug-likeness (QED) is 0.445. The largest absolute Gasteiger partial charge is 0.444 e. The van der Waals surface area contributed by atoms with Crippen LogP contribution in [0.1, 0.15) is 54.9 Å². The summed E-state index contributed by atoms with van der Waals surface area (Å²) in [6, 6.07) is 11.8. The number of carbonyl (C=O) groups excluding carboxylic acids is 4. The van der Waals surface area contributed by atoms with Gasteiger partial charge < -0.3 is 19.9 Å². The number of nitrogens with one attached hydrogen (secondary N) is 1. The lowest BCUT2D eigenvalue weighted by molar-refractivity contribution is -0.169. The Bertz CT molecular complexity index is 1440. The Balaban J connectivity index is 1.34. The van der Waals surface area contributed by atoms with Crippen molar-refractivity contribution in [2.24, 2.45) is 0 Å². The number of nitrogens with zero attached hydrogens (tertiary/aromatic N) is 4. The van der Waals surface area contributed by atoms with Crippen LogP contribution in [0, 0.1) is 6.92 Å². The SMILES string of the molecule is CCN1CCCC1CNC(=O)C[C@H]1C(=O)N(Cc2ccccc2)C[C@@H]2N(C(=O)OCc3cc(C)cc(C(F)(F)F)c3)CCC(=O)N21. The van der Waals surface area contributed by atoms with E-state index in [2.05, 4.69) is 17.1 Å². The number of alkyl halides is 3. The van der Waals surface area contributed by atoms with E-state index in [1.807, 2.05) is 30.3 Å². The molecule has 13 heteroatoms. The van der Waals surface area contributed by atoms with E-state index in [4.69, 9.17) is 4.74 Å². The third-order valence-corrected chi connectivity index (χ3v) is 8.95. The second-order valence-electron chi connectivity index (χ2n) is 12.1. The molecule has 4 amide bonds. The zero-order valence-electron chi connectivity index (χ0n) is 26.1. The molecule has 3 atom stereocenters. The number of hydrogen-bond acceptors (Lipinski definition) is 6. The maximum absolute atomic E-state index is 13.9. The third-order valence-electron chi connectivity index (χ3n) is 8.95. The molecule has 3 saturated heterocycles. The van der Waals surface area contributed by atoms with Crippen molar-refractivity contribution in [3.63, 3.8) is 0 Å². The molecule has 0 aliphatic carbocycles. The Morgan fingerprint density at radius 3 is 2.52 bits per heavy atom. The summed E-state index contributed by atoms with van der Waals surface area (Å²) in [6.07, 6.45) is -4.64. The molecular formula is C33H40F3N5O5. The first kappa shape index (κ1) is 33.2. The first-order valence-electron chi connectivity index (χ1n) is 15.7. The van der Waals surface area contributed by atoms with Gasteiger partial charge in [-0.2, -0.15) is 13.2 Å². The molecule has 3 heterocycles. The van der Waals surface area contributed by atoms with Crippen LogP contribution in [0.4, 0.5) is 18.0 Å². The fraction of sp³-hybridized carbons (Fsp3) is 0.515. The molecule has 3 aliphatic rings. The number of hydrogen-bond donors (Lipinski definition) is 1. The van der Waals surface area contributed by atoms with E-state index in [-0.39, 0.29) is 55.9 Å². The van der Waals surface area contributed by atoms with Gasteiger partial charge in [-0.3, -0.25) is 24.2 Å². The average Bonchev–Trinajstić information content (AvgIpc) is 3.48. The van der Waals surface area contributed by atoms with Crippen LogP contribution in [0.2, 0.25) is 0 Å². The molecule has 3 fully saturated rings. The first-order chi connectivity index (χ1) is 21.9. The van der Waals surface area contributed by atoms with E-state index in [0.29, 0.717) is 12.1 Å². The summed E-state index contributed by atoms with van der Waals surface area (Å²) in [4.78, 5) is 60.4. The Morgan fingerprint density at radius 1 is 1.04 bits per heavy atom. The van der Waals surface area contributed by atoms with Crippen molar-refractivity contribution in [1.29, 1.82) is 0 Å². The molecule has 0 aromatic heterocycles. The Morgan fingerprint density at radius 2 is 1.80 bits per heavy atom. The van der Waals surface area contributed by atoms with Gasteiger partial charge in [0.25, 0.3) is 0 Å². The average molecular weight is 644 g/mol. The summed E-state index contributed by atoms with van der Waals surface area (Å²) in [5.41, 5.74) is 0.541. The fourth-order valence-corrected chi connectivity index (χ4v) is 6.70. The lowest BCUT2D eigenvalue weighted by Gasteiger charge is -2.51. The number of aryl methyl sites for hydroxylation is 1. The van der Waals surface area contributed by atoms with E-state index in [0.717, 1.165) is 43.6 Å². The van der Waals surface area contributed by atoms with Crippen molar-refractivity contribution in [1.82, 2.24) is 24.9 Å². The van der Waals surface area contributed by atoms with E-state index >= 15 is 0 Å². The van der Waals surface area contributed by atoms with Crippen LogP contribution >= 0.6 is 0 Å². The highest BCUT2D eigenvalue weighted by molar-refractivity contribution is 5.94. The number of rotatable bonds is 9. The highest BCUT2D eigenvalue weighted by Gasteiger charge is 2.49. The van der Waals surface area contributed by atoms with Crippen LogP contribution in [0.5, 0.6) is 0 Å². The van der Waals surface area contributed by atoms with E-state index in [1.54, 1.807) is 4.90 Å². The van der Waals surface area contributed by atoms with Crippen molar-refractivity contribution in [2.75, 3.05) is 32.7 Å². The van der Waals surface area contributed by atoms with Gasteiger partial charge in [0.05, 0.1) is 18.5 Å². The van der Waals surface area contributed by atoms with Gasteiger partial charge in [0.1, 0.15) is 18.8 Å². The number of carbonyl (C=O) groups is 4. The molecule has 5 rings (SSSR count). The second kappa shape index (κ2) is 14.1. The zero-order valence-corrected chi connectivity index (χ0v) is 26.1. The molecule has 1 unspecified atom stereocenters. The number of likely N-dealkylation sites (N-methyl/N-ethyl adjacent to an activating group) is 1. The highest BCUT2D eigenvalue weighted by Crippen LogP contribution is 2.32. The Kier molecular flexibility index (Phi) is 10.2. The maximum atomic E-state index is 13.9. The van der Waals surface area contributed by atoms with Gasteiger partial charge in [-0.25, -0.2) is 4.79 Å². The van der Waals surface area contributed by atoms with Crippen LogP contribution in [-0.2, 0) is 38.4 Å². The molecule has 46 heavy (non-hydrogen) atoms. The van der Waals surface area contributed by atoms with Crippen molar-refractivity contribution >= 4 is 23.8 Å². The molecule has 2 aromatic rings. The first-order valence-corrected chi connectivity index (χ1v) is 15.7. The van der Waals surface area contributed by atoms with Crippen LogP contribution in [0.15, 0.2) is 48.5 Å². The van der Waals surface area contributed by atoms with Crippen LogP contribution in [0.3, 0.4) is 0 Å². The topological polar surface area (TPSA) is 103 Å². The molecule has 0 saturated carbocycles. The maximum Gasteiger partial charge on any atom is 0.416 e. The predicted molar refractivity (Wildman–Crippen MR) is 162 cm³/mol. The van der Waals surface area contributed by atoms with Crippen molar-refractivity contribution < 1.29 is 37.1 Å². The van der Waals surface area contributed by atoms with Crippen molar-refractivity contribution in [2.45, 2.75) is 77.1 Å². The second-order valence-corrected chi connectivity index (χ2v) is 12.1. The predicted octanol–water partition coefficient (Wildman–Crippen LogP) is 3.91. The summed E-state index contributed by atoms with van der Waals surface area (Å²) in [7, 11) is 0. The molecule has 1 N–H and O–H groups in total. The minimum Gasteiger partial charge on any atom is -0.444 e. The van der Waals surface area contributed by atoms with Crippen molar-refractivity contribution in [3.8, 4) is 0 Å². The Hall–Kier alpha value is -4.13. The summed E-state index contributed by atoms with van der Waals surface area (Å²) >= 11 is 0. The number of halogens is 3. The van der Waals surface area contributed by atoms with Gasteiger partial charge in [-0.05, 0) is 56.1 Å². The smallest absolute Gasteiger partial charge is 0.416 e. The zero-order chi connectivity index (χ0) is 33.0. The third kappa shape index (κ3) is 7.63. The summed E-state index contributed by atoms with van der Waals surface area (Å²) in [5, 5.41) is 2.95. The molecule has 0 spiro atoms. The molecular weight excluding hydrogens is 603 g/mol. The number of ether oxygens (including phenoxy) is 1. The fourth-order valence-electron chi connectivity index (χ4n) is 6.70. The van der Waals surface area contributed by atoms with E-state index in [1.165, 1.54) is 22.8 Å². The molecule has 10 nitrogen and oxygen atoms in total. The monoisotopic (exact) mass is 643 g/mol. The summed E-state index contributed by atoms with van der Waals surface area (Å²) in [5.74, 6) is -1.12. The van der Waals surface area contributed by atoms with Gasteiger partial charge in [-0.15, -0.1) is 0 Å². The number of likely N-dealkylation sites (tertiary alicyclic amines) is 1. The van der Waals surface area contributed by atoms with Gasteiger partial charge in [0, 0.05) is 32.1 Å². The number of benzene rings is 2. The minimum absolute atomic E-state index is 0.00126. The summed E-state index contributed by atoms with van der Waals surface area (Å²) in [6.45, 7) is 5.66. The van der Waals surface area contributed by atoms with Crippen molar-refractivity contribution in [3.05, 3.63) is 70.8 Å². The van der Waals surface area contributed by atoms with Crippen LogP contribution in [0.25, 0.3) is 0 Å².